The van der Waals surface area contributed by atoms with Crippen molar-refractivity contribution in [2.24, 2.45) is 0 Å². The summed E-state index contributed by atoms with van der Waals surface area (Å²) >= 11 is 0. The van der Waals surface area contributed by atoms with Gasteiger partial charge < -0.3 is 19.9 Å². The maximum absolute atomic E-state index is 13.4. The van der Waals surface area contributed by atoms with E-state index in [1.807, 2.05) is 6.92 Å². The number of alkyl halides is 3. The van der Waals surface area contributed by atoms with Gasteiger partial charge in [-0.2, -0.15) is 13.2 Å². The van der Waals surface area contributed by atoms with Gasteiger partial charge in [0.15, 0.2) is 0 Å². The minimum atomic E-state index is -4.71. The van der Waals surface area contributed by atoms with Crippen molar-refractivity contribution in [2.75, 3.05) is 10.6 Å². The molecule has 2 aromatic carbocycles. The van der Waals surface area contributed by atoms with E-state index in [1.54, 1.807) is 31.2 Å². The Bertz CT molecular complexity index is 1140. The molecular formula is C23H22F3N3O4. The highest BCUT2D eigenvalue weighted by Gasteiger charge is 2.34. The molecule has 0 saturated heterocycles. The molecule has 1 aromatic heterocycles. The van der Waals surface area contributed by atoms with Gasteiger partial charge in [0.25, 0.3) is 0 Å². The molecule has 0 aliphatic rings. The number of aromatic nitrogens is 1. The molecule has 0 bridgehead atoms. The second-order valence-corrected chi connectivity index (χ2v) is 7.40. The van der Waals surface area contributed by atoms with E-state index >= 15 is 0 Å². The van der Waals surface area contributed by atoms with Crippen LogP contribution >= 0.6 is 0 Å². The van der Waals surface area contributed by atoms with Crippen molar-refractivity contribution in [3.8, 4) is 5.75 Å². The maximum Gasteiger partial charge on any atom is 0.418 e. The summed E-state index contributed by atoms with van der Waals surface area (Å²) in [6.07, 6.45) is -4.84. The summed E-state index contributed by atoms with van der Waals surface area (Å²) in [6.45, 7) is 5.07. The molecule has 2 amide bonds. The third-order valence-corrected chi connectivity index (χ3v) is 4.77. The lowest BCUT2D eigenvalue weighted by Gasteiger charge is -2.15. The molecule has 0 saturated carbocycles. The molecule has 1 heterocycles. The number of ether oxygens (including phenoxy) is 1. The van der Waals surface area contributed by atoms with Gasteiger partial charge in [-0.3, -0.25) is 9.59 Å². The summed E-state index contributed by atoms with van der Waals surface area (Å²) in [7, 11) is 0. The first-order chi connectivity index (χ1) is 15.5. The number of nitrogens with zero attached hydrogens (tertiary/aromatic N) is 1. The van der Waals surface area contributed by atoms with Crippen molar-refractivity contribution in [1.82, 2.24) is 5.16 Å². The van der Waals surface area contributed by atoms with Crippen molar-refractivity contribution in [3.05, 3.63) is 70.6 Å². The van der Waals surface area contributed by atoms with Gasteiger partial charge in [0, 0.05) is 12.6 Å². The van der Waals surface area contributed by atoms with Gasteiger partial charge >= 0.3 is 6.18 Å². The number of carbonyl (C=O) groups excluding carboxylic acids is 2. The average Bonchev–Trinajstić information content (AvgIpc) is 3.05. The van der Waals surface area contributed by atoms with Gasteiger partial charge in [0.2, 0.25) is 11.8 Å². The molecule has 3 aromatic rings. The second kappa shape index (κ2) is 9.76. The Morgan fingerprint density at radius 2 is 1.76 bits per heavy atom. The Morgan fingerprint density at radius 1 is 1.06 bits per heavy atom. The largest absolute Gasteiger partial charge is 0.489 e. The lowest BCUT2D eigenvalue weighted by Crippen LogP contribution is -2.19. The van der Waals surface area contributed by atoms with E-state index in [0.717, 1.165) is 23.4 Å². The van der Waals surface area contributed by atoms with E-state index < -0.39 is 23.6 Å². The molecular weight excluding hydrogens is 439 g/mol. The molecule has 33 heavy (non-hydrogen) atoms. The van der Waals surface area contributed by atoms with Crippen molar-refractivity contribution in [1.29, 1.82) is 0 Å². The van der Waals surface area contributed by atoms with Crippen LogP contribution < -0.4 is 15.4 Å². The van der Waals surface area contributed by atoms with Crippen LogP contribution in [0.1, 0.15) is 35.1 Å². The van der Waals surface area contributed by atoms with E-state index in [2.05, 4.69) is 15.8 Å². The van der Waals surface area contributed by atoms with Gasteiger partial charge in [-0.1, -0.05) is 17.3 Å². The summed E-state index contributed by atoms with van der Waals surface area (Å²) in [5.74, 6) is 0.118. The molecule has 174 valence electrons. The second-order valence-electron chi connectivity index (χ2n) is 7.40. The molecule has 3 rings (SSSR count). The van der Waals surface area contributed by atoms with Gasteiger partial charge in [0.1, 0.15) is 18.1 Å². The van der Waals surface area contributed by atoms with Crippen LogP contribution in [0.2, 0.25) is 0 Å². The highest BCUT2D eigenvalue weighted by molar-refractivity contribution is 5.94. The summed E-state index contributed by atoms with van der Waals surface area (Å²) in [5.41, 5.74) is 0.736. The number of benzene rings is 2. The van der Waals surface area contributed by atoms with Crippen LogP contribution in [0.25, 0.3) is 0 Å². The summed E-state index contributed by atoms with van der Waals surface area (Å²) in [6, 6.07) is 9.84. The highest BCUT2D eigenvalue weighted by atomic mass is 19.4. The topological polar surface area (TPSA) is 93.5 Å². The van der Waals surface area contributed by atoms with Crippen LogP contribution in [-0.2, 0) is 28.8 Å². The Hall–Kier alpha value is -3.82. The van der Waals surface area contributed by atoms with Crippen molar-refractivity contribution in [3.63, 3.8) is 0 Å². The number of anilines is 2. The van der Waals surface area contributed by atoms with Crippen LogP contribution in [-0.4, -0.2) is 17.0 Å². The molecule has 0 fully saturated rings. The summed E-state index contributed by atoms with van der Waals surface area (Å²) in [4.78, 5) is 23.5. The quantitative estimate of drug-likeness (QED) is 0.515. The summed E-state index contributed by atoms with van der Waals surface area (Å²) in [5, 5.41) is 8.45. The Balaban J connectivity index is 1.64. The molecule has 0 spiro atoms. The highest BCUT2D eigenvalue weighted by Crippen LogP contribution is 2.36. The SMILES string of the molecule is CC(=O)Nc1ccc(NC(=O)Cc2ccc(OCc3c(C)noc3C)cc2)c(C(F)(F)F)c1. The normalized spacial score (nSPS) is 11.2. The predicted molar refractivity (Wildman–Crippen MR) is 115 cm³/mol. The van der Waals surface area contributed by atoms with Crippen molar-refractivity contribution < 1.29 is 32.0 Å². The van der Waals surface area contributed by atoms with Crippen LogP contribution in [0, 0.1) is 13.8 Å². The predicted octanol–water partition coefficient (Wildman–Crippen LogP) is 5.03. The van der Waals surface area contributed by atoms with Crippen LogP contribution in [0.3, 0.4) is 0 Å². The zero-order chi connectivity index (χ0) is 24.2. The minimum Gasteiger partial charge on any atom is -0.489 e. The number of hydrogen-bond acceptors (Lipinski definition) is 5. The first kappa shape index (κ1) is 23.8. The zero-order valence-electron chi connectivity index (χ0n) is 18.2. The fraction of sp³-hybridized carbons (Fsp3) is 0.261. The number of halogens is 3. The number of rotatable bonds is 7. The lowest BCUT2D eigenvalue weighted by molar-refractivity contribution is -0.137. The van der Waals surface area contributed by atoms with E-state index in [1.165, 1.54) is 13.0 Å². The molecule has 0 atom stereocenters. The van der Waals surface area contributed by atoms with Crippen molar-refractivity contribution in [2.45, 2.75) is 40.0 Å². The van der Waals surface area contributed by atoms with Gasteiger partial charge in [-0.05, 0) is 49.7 Å². The fourth-order valence-electron chi connectivity index (χ4n) is 3.12. The van der Waals surface area contributed by atoms with E-state index in [-0.39, 0.29) is 24.4 Å². The number of amides is 2. The number of hydrogen-bond donors (Lipinski definition) is 2. The first-order valence-corrected chi connectivity index (χ1v) is 9.95. The van der Waals surface area contributed by atoms with Crippen LogP contribution in [0.4, 0.5) is 24.5 Å². The fourth-order valence-corrected chi connectivity index (χ4v) is 3.12. The number of nitrogens with one attached hydrogen (secondary N) is 2. The van der Waals surface area contributed by atoms with Gasteiger partial charge in [0.05, 0.1) is 28.9 Å². The Kier molecular flexibility index (Phi) is 7.05. The number of carbonyl (C=O) groups is 2. The number of aryl methyl sites for hydroxylation is 2. The standard InChI is InChI=1S/C23H22F3N3O4/c1-13-19(14(2)33-29-13)12-32-18-7-4-16(5-8-18)10-22(31)28-21-9-6-17(27-15(3)30)11-20(21)23(24,25)26/h4-9,11H,10,12H2,1-3H3,(H,27,30)(H,28,31). The van der Waals surface area contributed by atoms with Crippen molar-refractivity contribution >= 4 is 23.2 Å². The monoisotopic (exact) mass is 461 g/mol. The lowest BCUT2D eigenvalue weighted by atomic mass is 10.1. The van der Waals surface area contributed by atoms with Gasteiger partial charge in [-0.25, -0.2) is 0 Å². The summed E-state index contributed by atoms with van der Waals surface area (Å²) < 4.78 is 51.1. The smallest absolute Gasteiger partial charge is 0.418 e. The average molecular weight is 461 g/mol. The van der Waals surface area contributed by atoms with Crippen LogP contribution in [0.15, 0.2) is 47.0 Å². The zero-order valence-corrected chi connectivity index (χ0v) is 18.2. The Labute approximate surface area is 187 Å². The molecule has 0 aliphatic heterocycles. The molecule has 0 aliphatic carbocycles. The molecule has 0 radical (unpaired) electrons. The van der Waals surface area contributed by atoms with E-state index in [9.17, 15) is 22.8 Å². The Morgan fingerprint density at radius 3 is 2.33 bits per heavy atom. The van der Waals surface area contributed by atoms with Crippen LogP contribution in [0.5, 0.6) is 5.75 Å². The maximum atomic E-state index is 13.4. The third kappa shape index (κ3) is 6.34. The van der Waals surface area contributed by atoms with E-state index in [4.69, 9.17) is 9.26 Å². The van der Waals surface area contributed by atoms with E-state index in [0.29, 0.717) is 17.1 Å². The van der Waals surface area contributed by atoms with Gasteiger partial charge in [-0.15, -0.1) is 0 Å². The molecule has 10 heteroatoms. The third-order valence-electron chi connectivity index (χ3n) is 4.77. The molecule has 0 unspecified atom stereocenters. The molecule has 2 N–H and O–H groups in total. The molecule has 7 nitrogen and oxygen atoms in total. The minimum absolute atomic E-state index is 0.0139. The first-order valence-electron chi connectivity index (χ1n) is 9.95.